The average molecular weight is 315 g/mol. The molecule has 0 aliphatic heterocycles. The van der Waals surface area contributed by atoms with Gasteiger partial charge in [-0.1, -0.05) is 29.8 Å². The first kappa shape index (κ1) is 15.1. The summed E-state index contributed by atoms with van der Waals surface area (Å²) in [6, 6.07) is 5.31. The van der Waals surface area contributed by atoms with Crippen molar-refractivity contribution in [2.24, 2.45) is 0 Å². The average Bonchev–Trinajstić information content (AvgIpc) is 2.34. The maximum atomic E-state index is 11.0. The molecule has 4 nitrogen and oxygen atoms in total. The molecule has 1 N–H and O–H groups in total. The Morgan fingerprint density at radius 3 is 2.67 bits per heavy atom. The van der Waals surface area contributed by atoms with Crippen LogP contribution in [0.15, 0.2) is 22.7 Å². The number of benzene rings is 1. The van der Waals surface area contributed by atoms with Crippen LogP contribution in [-0.4, -0.2) is 17.5 Å². The third-order valence-corrected chi connectivity index (χ3v) is 3.64. The largest absolute Gasteiger partial charge is 0.314 e. The molecule has 1 aromatic carbocycles. The SMILES string of the molecule is CCCNC(C)C(C)c1cc(Br)ccc1[N+](=O)[O-]. The lowest BCUT2D eigenvalue weighted by Gasteiger charge is -2.21. The monoisotopic (exact) mass is 314 g/mol. The minimum absolute atomic E-state index is 0.0921. The van der Waals surface area contributed by atoms with Crippen LogP contribution < -0.4 is 5.32 Å². The highest BCUT2D eigenvalue weighted by atomic mass is 79.9. The first-order valence-electron chi connectivity index (χ1n) is 6.14. The predicted molar refractivity (Wildman–Crippen MR) is 77.0 cm³/mol. The molecule has 18 heavy (non-hydrogen) atoms. The highest BCUT2D eigenvalue weighted by molar-refractivity contribution is 9.10. The fourth-order valence-electron chi connectivity index (χ4n) is 1.87. The molecule has 0 bridgehead atoms. The van der Waals surface area contributed by atoms with Crippen LogP contribution in [0.3, 0.4) is 0 Å². The van der Waals surface area contributed by atoms with Gasteiger partial charge in [-0.15, -0.1) is 0 Å². The van der Waals surface area contributed by atoms with Gasteiger partial charge in [0.1, 0.15) is 0 Å². The number of halogens is 1. The minimum atomic E-state index is -0.315. The Morgan fingerprint density at radius 1 is 1.44 bits per heavy atom. The number of hydrogen-bond donors (Lipinski definition) is 1. The summed E-state index contributed by atoms with van der Waals surface area (Å²) in [5.41, 5.74) is 0.960. The molecule has 2 unspecified atom stereocenters. The minimum Gasteiger partial charge on any atom is -0.314 e. The van der Waals surface area contributed by atoms with Crippen LogP contribution in [0.2, 0.25) is 0 Å². The van der Waals surface area contributed by atoms with Crippen molar-refractivity contribution in [2.75, 3.05) is 6.54 Å². The Bertz CT molecular complexity index is 423. The molecule has 100 valence electrons. The van der Waals surface area contributed by atoms with Crippen molar-refractivity contribution >= 4 is 21.6 Å². The third-order valence-electron chi connectivity index (χ3n) is 3.14. The molecular formula is C13H19BrN2O2. The summed E-state index contributed by atoms with van der Waals surface area (Å²) in [6.45, 7) is 7.10. The van der Waals surface area contributed by atoms with Crippen molar-refractivity contribution in [2.45, 2.75) is 39.2 Å². The molecule has 0 spiro atoms. The second-order valence-electron chi connectivity index (χ2n) is 4.49. The summed E-state index contributed by atoms with van der Waals surface area (Å²) in [6.07, 6.45) is 1.05. The molecule has 0 radical (unpaired) electrons. The molecule has 0 fully saturated rings. The van der Waals surface area contributed by atoms with Crippen molar-refractivity contribution in [1.82, 2.24) is 5.32 Å². The molecule has 0 saturated carbocycles. The van der Waals surface area contributed by atoms with Crippen LogP contribution >= 0.6 is 15.9 Å². The number of nitrogens with zero attached hydrogens (tertiary/aromatic N) is 1. The van der Waals surface area contributed by atoms with E-state index in [2.05, 4.69) is 35.1 Å². The van der Waals surface area contributed by atoms with Gasteiger partial charge in [0.15, 0.2) is 0 Å². The molecule has 2 atom stereocenters. The highest BCUT2D eigenvalue weighted by Crippen LogP contribution is 2.31. The second kappa shape index (κ2) is 6.85. The van der Waals surface area contributed by atoms with Crippen LogP contribution in [-0.2, 0) is 0 Å². The Morgan fingerprint density at radius 2 is 2.11 bits per heavy atom. The van der Waals surface area contributed by atoms with E-state index < -0.39 is 0 Å². The predicted octanol–water partition coefficient (Wildman–Crippen LogP) is 3.85. The topological polar surface area (TPSA) is 55.2 Å². The Labute approximate surface area is 116 Å². The Hall–Kier alpha value is -0.940. The van der Waals surface area contributed by atoms with Crippen molar-refractivity contribution < 1.29 is 4.92 Å². The first-order chi connectivity index (χ1) is 8.47. The van der Waals surface area contributed by atoms with Crippen LogP contribution in [0, 0.1) is 10.1 Å². The van der Waals surface area contributed by atoms with Crippen molar-refractivity contribution in [3.8, 4) is 0 Å². The normalized spacial score (nSPS) is 14.2. The molecular weight excluding hydrogens is 296 g/mol. The second-order valence-corrected chi connectivity index (χ2v) is 5.41. The van der Waals surface area contributed by atoms with Gasteiger partial charge >= 0.3 is 0 Å². The molecule has 0 amide bonds. The van der Waals surface area contributed by atoms with Crippen LogP contribution in [0.25, 0.3) is 0 Å². The fourth-order valence-corrected chi connectivity index (χ4v) is 2.25. The molecule has 0 saturated heterocycles. The van der Waals surface area contributed by atoms with E-state index in [0.717, 1.165) is 23.0 Å². The van der Waals surface area contributed by atoms with Gasteiger partial charge in [-0.05, 0) is 32.0 Å². The molecule has 1 rings (SSSR count). The first-order valence-corrected chi connectivity index (χ1v) is 6.93. The lowest BCUT2D eigenvalue weighted by Crippen LogP contribution is -2.31. The van der Waals surface area contributed by atoms with Crippen LogP contribution in [0.1, 0.15) is 38.7 Å². The zero-order valence-electron chi connectivity index (χ0n) is 10.9. The molecule has 0 aliphatic rings. The fraction of sp³-hybridized carbons (Fsp3) is 0.538. The van der Waals surface area contributed by atoms with Gasteiger partial charge in [0, 0.05) is 28.1 Å². The van der Waals surface area contributed by atoms with E-state index in [1.807, 2.05) is 13.0 Å². The van der Waals surface area contributed by atoms with Crippen molar-refractivity contribution in [1.29, 1.82) is 0 Å². The third kappa shape index (κ3) is 3.78. The van der Waals surface area contributed by atoms with E-state index in [1.54, 1.807) is 12.1 Å². The van der Waals surface area contributed by atoms with Gasteiger partial charge in [-0.3, -0.25) is 10.1 Å². The number of hydrogen-bond acceptors (Lipinski definition) is 3. The molecule has 0 aromatic heterocycles. The summed E-state index contributed by atoms with van der Waals surface area (Å²) in [5, 5.41) is 14.4. The van der Waals surface area contributed by atoms with E-state index in [9.17, 15) is 10.1 Å². The van der Waals surface area contributed by atoms with Gasteiger partial charge in [0.2, 0.25) is 0 Å². The van der Waals surface area contributed by atoms with Crippen LogP contribution in [0.5, 0.6) is 0 Å². The van der Waals surface area contributed by atoms with E-state index >= 15 is 0 Å². The van der Waals surface area contributed by atoms with E-state index in [0.29, 0.717) is 0 Å². The van der Waals surface area contributed by atoms with E-state index in [-0.39, 0.29) is 22.6 Å². The summed E-state index contributed by atoms with van der Waals surface area (Å²) in [5.74, 6) is 0.0921. The molecule has 5 heteroatoms. The maximum Gasteiger partial charge on any atom is 0.272 e. The van der Waals surface area contributed by atoms with Gasteiger partial charge in [0.25, 0.3) is 5.69 Å². The number of rotatable bonds is 6. The quantitative estimate of drug-likeness (QED) is 0.641. The zero-order valence-corrected chi connectivity index (χ0v) is 12.5. The number of nitro groups is 1. The van der Waals surface area contributed by atoms with E-state index in [1.165, 1.54) is 0 Å². The number of nitro benzene ring substituents is 1. The van der Waals surface area contributed by atoms with Gasteiger partial charge in [-0.2, -0.15) is 0 Å². The van der Waals surface area contributed by atoms with Crippen molar-refractivity contribution in [3.63, 3.8) is 0 Å². The standard InChI is InChI=1S/C13H19BrN2O2/c1-4-7-15-10(3)9(2)12-8-11(14)5-6-13(12)16(17)18/h5-6,8-10,15H,4,7H2,1-3H3. The van der Waals surface area contributed by atoms with E-state index in [4.69, 9.17) is 0 Å². The van der Waals surface area contributed by atoms with Gasteiger partial charge in [-0.25, -0.2) is 0 Å². The summed E-state index contributed by atoms with van der Waals surface area (Å²) in [4.78, 5) is 10.7. The van der Waals surface area contributed by atoms with Gasteiger partial charge < -0.3 is 5.32 Å². The summed E-state index contributed by atoms with van der Waals surface area (Å²) in [7, 11) is 0. The lowest BCUT2D eigenvalue weighted by molar-refractivity contribution is -0.385. The summed E-state index contributed by atoms with van der Waals surface area (Å²) < 4.78 is 0.873. The Balaban J connectivity index is 2.99. The molecule has 1 aromatic rings. The van der Waals surface area contributed by atoms with Gasteiger partial charge in [0.05, 0.1) is 4.92 Å². The smallest absolute Gasteiger partial charge is 0.272 e. The zero-order chi connectivity index (χ0) is 13.7. The lowest BCUT2D eigenvalue weighted by atomic mass is 9.93. The molecule has 0 aliphatic carbocycles. The maximum absolute atomic E-state index is 11.0. The van der Waals surface area contributed by atoms with Crippen LogP contribution in [0.4, 0.5) is 5.69 Å². The van der Waals surface area contributed by atoms with Crippen molar-refractivity contribution in [3.05, 3.63) is 38.3 Å². The molecule has 0 heterocycles. The summed E-state index contributed by atoms with van der Waals surface area (Å²) >= 11 is 3.37. The highest BCUT2D eigenvalue weighted by Gasteiger charge is 2.23. The Kier molecular flexibility index (Phi) is 5.75. The number of nitrogens with one attached hydrogen (secondary N) is 1.